The van der Waals surface area contributed by atoms with E-state index in [4.69, 9.17) is 9.57 Å². The highest BCUT2D eigenvalue weighted by atomic mass is 16.7. The molecule has 6 heteroatoms. The number of carbonyl (C=O) groups is 2. The second-order valence-electron chi connectivity index (χ2n) is 6.86. The third-order valence-electron chi connectivity index (χ3n) is 3.67. The number of hydroxylamine groups is 2. The van der Waals surface area contributed by atoms with E-state index in [1.54, 1.807) is 6.08 Å². The van der Waals surface area contributed by atoms with Crippen LogP contribution in [0.2, 0.25) is 0 Å². The van der Waals surface area contributed by atoms with Crippen molar-refractivity contribution in [3.63, 3.8) is 0 Å². The standard InChI is InChI=1S/C19H25NO5/c1-19(2,3)24-18(22)20-15(11-8-12-17(21)23-4)13-16(25-20)14-9-6-5-7-10-14/h5-10,12,15-16H,11,13H2,1-4H3/b12-8+/t15-,16-/m1/s1. The van der Waals surface area contributed by atoms with E-state index >= 15 is 0 Å². The zero-order valence-corrected chi connectivity index (χ0v) is 15.1. The molecule has 1 aliphatic rings. The fourth-order valence-electron chi connectivity index (χ4n) is 2.55. The van der Waals surface area contributed by atoms with Crippen LogP contribution in [0.15, 0.2) is 42.5 Å². The zero-order valence-electron chi connectivity index (χ0n) is 15.1. The van der Waals surface area contributed by atoms with E-state index in [2.05, 4.69) is 4.74 Å². The van der Waals surface area contributed by atoms with Gasteiger partial charge in [0.1, 0.15) is 11.7 Å². The molecule has 0 aromatic heterocycles. The van der Waals surface area contributed by atoms with Crippen LogP contribution in [0.1, 0.15) is 45.3 Å². The molecule has 2 atom stereocenters. The Hall–Kier alpha value is -2.34. The maximum absolute atomic E-state index is 12.5. The molecule has 0 unspecified atom stereocenters. The van der Waals surface area contributed by atoms with Gasteiger partial charge in [-0.1, -0.05) is 36.4 Å². The van der Waals surface area contributed by atoms with Crippen molar-refractivity contribution < 1.29 is 23.9 Å². The number of esters is 1. The molecule has 25 heavy (non-hydrogen) atoms. The fourth-order valence-corrected chi connectivity index (χ4v) is 2.55. The molecule has 0 aliphatic carbocycles. The number of ether oxygens (including phenoxy) is 2. The van der Waals surface area contributed by atoms with Crippen LogP contribution in [0.4, 0.5) is 4.79 Å². The van der Waals surface area contributed by atoms with Gasteiger partial charge < -0.3 is 9.47 Å². The van der Waals surface area contributed by atoms with Gasteiger partial charge in [0, 0.05) is 12.5 Å². The molecular formula is C19H25NO5. The maximum atomic E-state index is 12.5. The van der Waals surface area contributed by atoms with Gasteiger partial charge in [-0.15, -0.1) is 0 Å². The van der Waals surface area contributed by atoms with E-state index in [1.807, 2.05) is 51.1 Å². The summed E-state index contributed by atoms with van der Waals surface area (Å²) in [6, 6.07) is 9.50. The number of benzene rings is 1. The first-order valence-electron chi connectivity index (χ1n) is 8.28. The normalized spacial score (nSPS) is 20.7. The molecule has 2 rings (SSSR count). The van der Waals surface area contributed by atoms with Crippen molar-refractivity contribution in [2.24, 2.45) is 0 Å². The summed E-state index contributed by atoms with van der Waals surface area (Å²) in [6.07, 6.45) is 3.37. The van der Waals surface area contributed by atoms with Crippen LogP contribution >= 0.6 is 0 Å². The van der Waals surface area contributed by atoms with E-state index in [0.29, 0.717) is 12.8 Å². The number of hydrogen-bond acceptors (Lipinski definition) is 5. The van der Waals surface area contributed by atoms with Gasteiger partial charge in [-0.2, -0.15) is 5.06 Å². The van der Waals surface area contributed by atoms with Crippen molar-refractivity contribution in [3.8, 4) is 0 Å². The third kappa shape index (κ3) is 5.60. The summed E-state index contributed by atoms with van der Waals surface area (Å²) in [7, 11) is 1.32. The summed E-state index contributed by atoms with van der Waals surface area (Å²) in [5.41, 5.74) is 0.382. The van der Waals surface area contributed by atoms with Gasteiger partial charge in [-0.3, -0.25) is 4.84 Å². The number of methoxy groups -OCH3 is 1. The monoisotopic (exact) mass is 347 g/mol. The van der Waals surface area contributed by atoms with E-state index < -0.39 is 17.7 Å². The topological polar surface area (TPSA) is 65.1 Å². The molecule has 0 spiro atoms. The molecule has 0 N–H and O–H groups in total. The minimum atomic E-state index is -0.613. The molecule has 0 saturated carbocycles. The van der Waals surface area contributed by atoms with Crippen LogP contribution in [0.25, 0.3) is 0 Å². The minimum Gasteiger partial charge on any atom is -0.466 e. The molecule has 1 fully saturated rings. The van der Waals surface area contributed by atoms with Gasteiger partial charge in [-0.25, -0.2) is 9.59 Å². The van der Waals surface area contributed by atoms with Gasteiger partial charge >= 0.3 is 12.1 Å². The SMILES string of the molecule is COC(=O)/C=C/C[C@@H]1C[C@H](c2ccccc2)ON1C(=O)OC(C)(C)C. The second kappa shape index (κ2) is 8.16. The van der Waals surface area contributed by atoms with Crippen molar-refractivity contribution >= 4 is 12.1 Å². The van der Waals surface area contributed by atoms with Gasteiger partial charge in [0.05, 0.1) is 13.2 Å². The molecule has 1 saturated heterocycles. The maximum Gasteiger partial charge on any atom is 0.434 e. The van der Waals surface area contributed by atoms with Gasteiger partial charge in [-0.05, 0) is 32.8 Å². The predicted molar refractivity (Wildman–Crippen MR) is 92.5 cm³/mol. The Morgan fingerprint density at radius 3 is 2.56 bits per heavy atom. The first-order chi connectivity index (χ1) is 11.8. The summed E-state index contributed by atoms with van der Waals surface area (Å²) in [6.45, 7) is 5.42. The lowest BCUT2D eigenvalue weighted by Crippen LogP contribution is -2.38. The highest BCUT2D eigenvalue weighted by Gasteiger charge is 2.39. The van der Waals surface area contributed by atoms with E-state index in [-0.39, 0.29) is 12.1 Å². The minimum absolute atomic E-state index is 0.221. The molecule has 6 nitrogen and oxygen atoms in total. The first kappa shape index (κ1) is 19.0. The van der Waals surface area contributed by atoms with Crippen molar-refractivity contribution in [3.05, 3.63) is 48.0 Å². The van der Waals surface area contributed by atoms with Gasteiger partial charge in [0.15, 0.2) is 0 Å². The van der Waals surface area contributed by atoms with Crippen molar-refractivity contribution in [1.29, 1.82) is 0 Å². The third-order valence-corrected chi connectivity index (χ3v) is 3.67. The summed E-state index contributed by atoms with van der Waals surface area (Å²) < 4.78 is 10.0. The van der Waals surface area contributed by atoms with Crippen LogP contribution in [0.3, 0.4) is 0 Å². The fraction of sp³-hybridized carbons (Fsp3) is 0.474. The van der Waals surface area contributed by atoms with Crippen LogP contribution in [-0.2, 0) is 19.1 Å². The Bertz CT molecular complexity index is 620. The number of hydrogen-bond donors (Lipinski definition) is 0. The summed E-state index contributed by atoms with van der Waals surface area (Å²) in [4.78, 5) is 29.6. The quantitative estimate of drug-likeness (QED) is 0.612. The number of amides is 1. The molecule has 1 amide bonds. The van der Waals surface area contributed by atoms with Crippen LogP contribution in [0.5, 0.6) is 0 Å². The highest BCUT2D eigenvalue weighted by molar-refractivity contribution is 5.81. The summed E-state index contributed by atoms with van der Waals surface area (Å²) >= 11 is 0. The average Bonchev–Trinajstić information content (AvgIpc) is 2.98. The molecule has 1 heterocycles. The summed E-state index contributed by atoms with van der Waals surface area (Å²) in [5, 5.41) is 1.28. The van der Waals surface area contributed by atoms with E-state index in [9.17, 15) is 9.59 Å². The Morgan fingerprint density at radius 1 is 1.28 bits per heavy atom. The van der Waals surface area contributed by atoms with Crippen LogP contribution in [0, 0.1) is 0 Å². The Balaban J connectivity index is 2.12. The highest BCUT2D eigenvalue weighted by Crippen LogP contribution is 2.35. The molecule has 1 aromatic carbocycles. The Kier molecular flexibility index (Phi) is 6.20. The lowest BCUT2D eigenvalue weighted by Gasteiger charge is -2.26. The number of nitrogens with zero attached hydrogens (tertiary/aromatic N) is 1. The van der Waals surface area contributed by atoms with Crippen molar-refractivity contribution in [2.75, 3.05) is 7.11 Å². The molecule has 0 bridgehead atoms. The molecule has 1 aromatic rings. The number of carbonyl (C=O) groups excluding carboxylic acids is 2. The van der Waals surface area contributed by atoms with Gasteiger partial charge in [0.25, 0.3) is 0 Å². The lowest BCUT2D eigenvalue weighted by molar-refractivity contribution is -0.151. The lowest BCUT2D eigenvalue weighted by atomic mass is 10.0. The molecule has 0 radical (unpaired) electrons. The van der Waals surface area contributed by atoms with Crippen molar-refractivity contribution in [2.45, 2.75) is 51.4 Å². The second-order valence-corrected chi connectivity index (χ2v) is 6.86. The Morgan fingerprint density at radius 2 is 1.96 bits per heavy atom. The smallest absolute Gasteiger partial charge is 0.434 e. The molecule has 136 valence electrons. The van der Waals surface area contributed by atoms with Gasteiger partial charge in [0.2, 0.25) is 0 Å². The largest absolute Gasteiger partial charge is 0.466 e. The number of rotatable bonds is 4. The van der Waals surface area contributed by atoms with Crippen LogP contribution in [-0.4, -0.2) is 35.9 Å². The molecule has 1 aliphatic heterocycles. The zero-order chi connectivity index (χ0) is 18.4. The molecular weight excluding hydrogens is 322 g/mol. The average molecular weight is 347 g/mol. The van der Waals surface area contributed by atoms with Crippen LogP contribution < -0.4 is 0 Å². The summed E-state index contributed by atoms with van der Waals surface area (Å²) in [5.74, 6) is -0.428. The predicted octanol–water partition coefficient (Wildman–Crippen LogP) is 3.79. The van der Waals surface area contributed by atoms with Crippen molar-refractivity contribution in [1.82, 2.24) is 5.06 Å². The van der Waals surface area contributed by atoms with E-state index in [1.165, 1.54) is 18.2 Å². The Labute approximate surface area is 148 Å². The van der Waals surface area contributed by atoms with E-state index in [0.717, 1.165) is 5.56 Å². The first-order valence-corrected chi connectivity index (χ1v) is 8.28.